The Bertz CT molecular complexity index is 810. The van der Waals surface area contributed by atoms with Crippen molar-refractivity contribution in [2.75, 3.05) is 12.4 Å². The first-order valence-corrected chi connectivity index (χ1v) is 9.12. The summed E-state index contributed by atoms with van der Waals surface area (Å²) in [5.74, 6) is -0.146. The predicted molar refractivity (Wildman–Crippen MR) is 107 cm³/mol. The molecule has 2 amide bonds. The van der Waals surface area contributed by atoms with Gasteiger partial charge in [-0.05, 0) is 36.6 Å². The maximum absolute atomic E-state index is 12.7. The molecule has 1 unspecified atom stereocenters. The Morgan fingerprint density at radius 2 is 1.93 bits per heavy atom. The van der Waals surface area contributed by atoms with Gasteiger partial charge in [-0.3, -0.25) is 9.59 Å². The molecule has 2 aromatic rings. The predicted octanol–water partition coefficient (Wildman–Crippen LogP) is 4.18. The van der Waals surface area contributed by atoms with Crippen LogP contribution in [0.25, 0.3) is 0 Å². The highest BCUT2D eigenvalue weighted by molar-refractivity contribution is 6.36. The van der Waals surface area contributed by atoms with Crippen molar-refractivity contribution in [3.63, 3.8) is 0 Å². The molecule has 0 aliphatic rings. The van der Waals surface area contributed by atoms with Crippen LogP contribution in [-0.4, -0.2) is 29.9 Å². The van der Waals surface area contributed by atoms with Crippen LogP contribution < -0.4 is 15.4 Å². The third kappa shape index (κ3) is 6.12. The Kier molecular flexibility index (Phi) is 7.45. The van der Waals surface area contributed by atoms with Gasteiger partial charge in [-0.2, -0.15) is 0 Å². The smallest absolute Gasteiger partial charge is 0.253 e. The quantitative estimate of drug-likeness (QED) is 0.718. The molecule has 0 bridgehead atoms. The number of nitrogens with zero attached hydrogens (tertiary/aromatic N) is 1. The fourth-order valence-corrected chi connectivity index (χ4v) is 2.91. The third-order valence-corrected chi connectivity index (χ3v) is 4.27. The van der Waals surface area contributed by atoms with E-state index in [1.165, 1.54) is 25.4 Å². The van der Waals surface area contributed by atoms with Crippen molar-refractivity contribution in [3.05, 3.63) is 52.1 Å². The fourth-order valence-electron chi connectivity index (χ4n) is 2.42. The number of pyridine rings is 1. The lowest BCUT2D eigenvalue weighted by molar-refractivity contribution is -0.118. The molecule has 1 atom stereocenters. The molecule has 1 aromatic heterocycles. The van der Waals surface area contributed by atoms with Crippen molar-refractivity contribution < 1.29 is 14.3 Å². The van der Waals surface area contributed by atoms with Gasteiger partial charge in [-0.15, -0.1) is 0 Å². The molecule has 2 N–H and O–H groups in total. The minimum Gasteiger partial charge on any atom is -0.481 e. The van der Waals surface area contributed by atoms with Crippen molar-refractivity contribution in [1.29, 1.82) is 0 Å². The zero-order valence-electron chi connectivity index (χ0n) is 15.3. The molecule has 6 nitrogen and oxygen atoms in total. The van der Waals surface area contributed by atoms with Crippen LogP contribution in [0.3, 0.4) is 0 Å². The van der Waals surface area contributed by atoms with E-state index in [0.29, 0.717) is 23.0 Å². The van der Waals surface area contributed by atoms with Crippen molar-refractivity contribution >= 4 is 40.7 Å². The summed E-state index contributed by atoms with van der Waals surface area (Å²) in [6.07, 6.45) is 1.95. The van der Waals surface area contributed by atoms with Crippen LogP contribution in [0.5, 0.6) is 5.88 Å². The van der Waals surface area contributed by atoms with Gasteiger partial charge in [0.05, 0.1) is 29.6 Å². The van der Waals surface area contributed by atoms with Gasteiger partial charge in [0.2, 0.25) is 11.8 Å². The molecule has 0 saturated heterocycles. The highest BCUT2D eigenvalue weighted by Gasteiger charge is 2.24. The number of rotatable bonds is 7. The Hall–Kier alpha value is -2.31. The average Bonchev–Trinajstić information content (AvgIpc) is 2.61. The zero-order chi connectivity index (χ0) is 20.0. The summed E-state index contributed by atoms with van der Waals surface area (Å²) in [6.45, 7) is 3.94. The second-order valence-corrected chi connectivity index (χ2v) is 7.20. The molecule has 0 saturated carbocycles. The van der Waals surface area contributed by atoms with Crippen molar-refractivity contribution in [3.8, 4) is 5.88 Å². The van der Waals surface area contributed by atoms with E-state index in [2.05, 4.69) is 15.6 Å². The first kappa shape index (κ1) is 21.0. The van der Waals surface area contributed by atoms with Crippen molar-refractivity contribution in [2.45, 2.75) is 26.3 Å². The topological polar surface area (TPSA) is 80.3 Å². The minimum atomic E-state index is -0.730. The molecule has 0 fully saturated rings. The number of halogens is 2. The standard InChI is InChI=1S/C19H21Cl2N3O3/c1-11(2)8-16(19(26)23-13-5-7-17(27-3)22-10-13)24-18(25)14-6-4-12(20)9-15(14)21/h4-7,9-11,16H,8H2,1-3H3,(H,23,26)(H,24,25). The lowest BCUT2D eigenvalue weighted by atomic mass is 10.0. The number of carbonyl (C=O) groups is 2. The Balaban J connectivity index is 2.13. The molecule has 8 heteroatoms. The molecule has 2 rings (SSSR count). The van der Waals surface area contributed by atoms with E-state index in [9.17, 15) is 9.59 Å². The lowest BCUT2D eigenvalue weighted by Crippen LogP contribution is -2.44. The summed E-state index contributed by atoms with van der Waals surface area (Å²) in [4.78, 5) is 29.3. The van der Waals surface area contributed by atoms with Gasteiger partial charge in [0.1, 0.15) is 6.04 Å². The van der Waals surface area contributed by atoms with Gasteiger partial charge < -0.3 is 15.4 Å². The largest absolute Gasteiger partial charge is 0.481 e. The SMILES string of the molecule is COc1ccc(NC(=O)C(CC(C)C)NC(=O)c2ccc(Cl)cc2Cl)cn1. The maximum Gasteiger partial charge on any atom is 0.253 e. The molecule has 0 aliphatic heterocycles. The highest BCUT2D eigenvalue weighted by Crippen LogP contribution is 2.21. The van der Waals surface area contributed by atoms with E-state index >= 15 is 0 Å². The molecular formula is C19H21Cl2N3O3. The molecule has 1 aromatic carbocycles. The van der Waals surface area contributed by atoms with Gasteiger partial charge in [0.15, 0.2) is 0 Å². The number of amides is 2. The Morgan fingerprint density at radius 1 is 1.19 bits per heavy atom. The fraction of sp³-hybridized carbons (Fsp3) is 0.316. The van der Waals surface area contributed by atoms with Crippen LogP contribution in [-0.2, 0) is 4.79 Å². The van der Waals surface area contributed by atoms with Gasteiger partial charge >= 0.3 is 0 Å². The number of hydrogen-bond donors (Lipinski definition) is 2. The number of benzene rings is 1. The first-order chi connectivity index (χ1) is 12.8. The average molecular weight is 410 g/mol. The monoisotopic (exact) mass is 409 g/mol. The highest BCUT2D eigenvalue weighted by atomic mass is 35.5. The van der Waals surface area contributed by atoms with E-state index in [1.54, 1.807) is 18.2 Å². The maximum atomic E-state index is 12.7. The van der Waals surface area contributed by atoms with Gasteiger partial charge in [0.25, 0.3) is 5.91 Å². The lowest BCUT2D eigenvalue weighted by Gasteiger charge is -2.20. The van der Waals surface area contributed by atoms with Gasteiger partial charge in [-0.25, -0.2) is 4.98 Å². The van der Waals surface area contributed by atoms with Crippen molar-refractivity contribution in [2.24, 2.45) is 5.92 Å². The summed E-state index contributed by atoms with van der Waals surface area (Å²) in [5.41, 5.74) is 0.766. The summed E-state index contributed by atoms with van der Waals surface area (Å²) >= 11 is 11.9. The third-order valence-electron chi connectivity index (χ3n) is 3.72. The molecule has 0 radical (unpaired) electrons. The number of hydrogen-bond acceptors (Lipinski definition) is 4. The number of methoxy groups -OCH3 is 1. The molecule has 1 heterocycles. The van der Waals surface area contributed by atoms with Crippen LogP contribution in [0.2, 0.25) is 10.0 Å². The molecule has 144 valence electrons. The summed E-state index contributed by atoms with van der Waals surface area (Å²) in [6, 6.07) is 7.16. The van der Waals surface area contributed by atoms with Crippen molar-refractivity contribution in [1.82, 2.24) is 10.3 Å². The molecular weight excluding hydrogens is 389 g/mol. The van der Waals surface area contributed by atoms with E-state index in [0.717, 1.165) is 0 Å². The van der Waals surface area contributed by atoms with E-state index in [1.807, 2.05) is 13.8 Å². The number of anilines is 1. The first-order valence-electron chi connectivity index (χ1n) is 8.37. The van der Waals surface area contributed by atoms with E-state index < -0.39 is 11.9 Å². The summed E-state index contributed by atoms with van der Waals surface area (Å²) in [5, 5.41) is 6.15. The second-order valence-electron chi connectivity index (χ2n) is 6.36. The normalized spacial score (nSPS) is 11.8. The minimum absolute atomic E-state index is 0.190. The number of nitrogens with one attached hydrogen (secondary N) is 2. The van der Waals surface area contributed by atoms with Gasteiger partial charge in [0, 0.05) is 11.1 Å². The Morgan fingerprint density at radius 3 is 2.48 bits per heavy atom. The Labute approximate surface area is 168 Å². The second kappa shape index (κ2) is 9.58. The molecule has 0 aliphatic carbocycles. The number of ether oxygens (including phenoxy) is 1. The van der Waals surface area contributed by atoms with Crippen LogP contribution in [0.4, 0.5) is 5.69 Å². The molecule has 0 spiro atoms. The van der Waals surface area contributed by atoms with E-state index in [4.69, 9.17) is 27.9 Å². The van der Waals surface area contributed by atoms with Crippen LogP contribution in [0.1, 0.15) is 30.6 Å². The zero-order valence-corrected chi connectivity index (χ0v) is 16.8. The number of aromatic nitrogens is 1. The molecule has 27 heavy (non-hydrogen) atoms. The number of carbonyl (C=O) groups excluding carboxylic acids is 2. The summed E-state index contributed by atoms with van der Waals surface area (Å²) < 4.78 is 4.99. The van der Waals surface area contributed by atoms with Crippen LogP contribution in [0.15, 0.2) is 36.5 Å². The van der Waals surface area contributed by atoms with Crippen LogP contribution in [0, 0.1) is 5.92 Å². The van der Waals surface area contributed by atoms with Crippen LogP contribution >= 0.6 is 23.2 Å². The summed E-state index contributed by atoms with van der Waals surface area (Å²) in [7, 11) is 1.51. The van der Waals surface area contributed by atoms with Gasteiger partial charge in [-0.1, -0.05) is 37.0 Å². The van der Waals surface area contributed by atoms with E-state index in [-0.39, 0.29) is 22.4 Å².